The monoisotopic (exact) mass is 403 g/mol. The van der Waals surface area contributed by atoms with Crippen LogP contribution in [0.25, 0.3) is 0 Å². The number of amides is 1. The average molecular weight is 404 g/mol. The molecule has 1 atom stereocenters. The van der Waals surface area contributed by atoms with E-state index in [4.69, 9.17) is 0 Å². The van der Waals surface area contributed by atoms with Gasteiger partial charge in [-0.3, -0.25) is 9.69 Å². The van der Waals surface area contributed by atoms with Gasteiger partial charge >= 0.3 is 0 Å². The van der Waals surface area contributed by atoms with Gasteiger partial charge in [-0.1, -0.05) is 30.3 Å². The lowest BCUT2D eigenvalue weighted by Crippen LogP contribution is -2.48. The third-order valence-electron chi connectivity index (χ3n) is 6.17. The minimum absolute atomic E-state index is 0.374. The van der Waals surface area contributed by atoms with E-state index in [2.05, 4.69) is 51.3 Å². The summed E-state index contributed by atoms with van der Waals surface area (Å²) in [4.78, 5) is 19.9. The van der Waals surface area contributed by atoms with Crippen LogP contribution in [0.3, 0.4) is 0 Å². The fourth-order valence-corrected chi connectivity index (χ4v) is 4.92. The summed E-state index contributed by atoms with van der Waals surface area (Å²) in [5.41, 5.74) is 1.36. The SMILES string of the molecule is CSCCCN1CCCC(CCC(=O)N2CCN(Cc3ccccc3)CC2)C1. The highest BCUT2D eigenvalue weighted by Gasteiger charge is 2.24. The molecule has 2 saturated heterocycles. The van der Waals surface area contributed by atoms with Crippen molar-refractivity contribution in [1.29, 1.82) is 0 Å². The van der Waals surface area contributed by atoms with Crippen LogP contribution in [0.2, 0.25) is 0 Å². The first kappa shape index (κ1) is 21.7. The molecule has 0 bridgehead atoms. The predicted octanol–water partition coefficient (Wildman–Crippen LogP) is 3.58. The van der Waals surface area contributed by atoms with Crippen molar-refractivity contribution in [3.8, 4) is 0 Å². The average Bonchev–Trinajstić information content (AvgIpc) is 2.74. The van der Waals surface area contributed by atoms with Gasteiger partial charge in [0, 0.05) is 45.7 Å². The van der Waals surface area contributed by atoms with Gasteiger partial charge in [0.25, 0.3) is 0 Å². The number of nitrogens with zero attached hydrogens (tertiary/aromatic N) is 3. The van der Waals surface area contributed by atoms with E-state index >= 15 is 0 Å². The summed E-state index contributed by atoms with van der Waals surface area (Å²) < 4.78 is 0. The highest BCUT2D eigenvalue weighted by molar-refractivity contribution is 7.98. The maximum absolute atomic E-state index is 12.7. The van der Waals surface area contributed by atoms with Crippen molar-refractivity contribution in [1.82, 2.24) is 14.7 Å². The molecule has 0 aromatic heterocycles. The molecule has 0 N–H and O–H groups in total. The number of benzene rings is 1. The lowest BCUT2D eigenvalue weighted by Gasteiger charge is -2.36. The molecular formula is C23H37N3OS. The molecule has 1 aromatic rings. The van der Waals surface area contributed by atoms with Gasteiger partial charge in [-0.15, -0.1) is 0 Å². The Morgan fingerprint density at radius 1 is 1.07 bits per heavy atom. The number of likely N-dealkylation sites (tertiary alicyclic amines) is 1. The molecule has 28 heavy (non-hydrogen) atoms. The third-order valence-corrected chi connectivity index (χ3v) is 6.86. The first-order valence-corrected chi connectivity index (χ1v) is 12.4. The zero-order chi connectivity index (χ0) is 19.6. The zero-order valence-electron chi connectivity index (χ0n) is 17.5. The molecule has 1 amide bonds. The largest absolute Gasteiger partial charge is 0.340 e. The highest BCUT2D eigenvalue weighted by Crippen LogP contribution is 2.22. The fraction of sp³-hybridized carbons (Fsp3) is 0.696. The van der Waals surface area contributed by atoms with Crippen molar-refractivity contribution in [2.45, 2.75) is 38.6 Å². The quantitative estimate of drug-likeness (QED) is 0.589. The molecule has 2 fully saturated rings. The third kappa shape index (κ3) is 7.09. The lowest BCUT2D eigenvalue weighted by molar-refractivity contribution is -0.133. The van der Waals surface area contributed by atoms with E-state index in [0.717, 1.165) is 45.6 Å². The minimum atomic E-state index is 0.374. The normalized spacial score (nSPS) is 21.8. The number of piperidine rings is 1. The second-order valence-electron chi connectivity index (χ2n) is 8.34. The van der Waals surface area contributed by atoms with Gasteiger partial charge < -0.3 is 9.80 Å². The number of hydrogen-bond donors (Lipinski definition) is 0. The molecule has 2 heterocycles. The second kappa shape index (κ2) is 11.8. The topological polar surface area (TPSA) is 26.8 Å². The molecule has 2 aliphatic rings. The molecule has 0 spiro atoms. The number of carbonyl (C=O) groups is 1. The van der Waals surface area contributed by atoms with E-state index in [1.807, 2.05) is 11.8 Å². The van der Waals surface area contributed by atoms with E-state index in [1.165, 1.54) is 50.2 Å². The zero-order valence-corrected chi connectivity index (χ0v) is 18.3. The fourth-order valence-electron chi connectivity index (χ4n) is 4.51. The molecule has 2 aliphatic heterocycles. The maximum atomic E-state index is 12.7. The van der Waals surface area contributed by atoms with Crippen LogP contribution in [0.15, 0.2) is 30.3 Å². The van der Waals surface area contributed by atoms with Gasteiger partial charge in [-0.05, 0) is 62.3 Å². The Morgan fingerprint density at radius 2 is 1.86 bits per heavy atom. The van der Waals surface area contributed by atoms with Crippen molar-refractivity contribution in [2.24, 2.45) is 5.92 Å². The molecule has 156 valence electrons. The number of rotatable bonds is 9. The Balaban J connectivity index is 1.33. The van der Waals surface area contributed by atoms with Crippen LogP contribution in [-0.2, 0) is 11.3 Å². The summed E-state index contributed by atoms with van der Waals surface area (Å²) in [6, 6.07) is 10.6. The molecule has 4 nitrogen and oxygen atoms in total. The summed E-state index contributed by atoms with van der Waals surface area (Å²) >= 11 is 1.94. The van der Waals surface area contributed by atoms with E-state index in [9.17, 15) is 4.79 Å². The number of piperazine rings is 1. The maximum Gasteiger partial charge on any atom is 0.222 e. The molecule has 0 radical (unpaired) electrons. The van der Waals surface area contributed by atoms with Crippen LogP contribution >= 0.6 is 11.8 Å². The van der Waals surface area contributed by atoms with Crippen molar-refractivity contribution in [3.63, 3.8) is 0 Å². The van der Waals surface area contributed by atoms with Gasteiger partial charge in [0.1, 0.15) is 0 Å². The van der Waals surface area contributed by atoms with Crippen LogP contribution in [0.4, 0.5) is 0 Å². The predicted molar refractivity (Wildman–Crippen MR) is 120 cm³/mol. The van der Waals surface area contributed by atoms with Crippen LogP contribution in [0, 0.1) is 5.92 Å². The molecule has 1 unspecified atom stereocenters. The first-order valence-electron chi connectivity index (χ1n) is 11.0. The Labute approximate surface area is 175 Å². The number of thioether (sulfide) groups is 1. The van der Waals surface area contributed by atoms with E-state index in [1.54, 1.807) is 0 Å². The van der Waals surface area contributed by atoms with E-state index in [-0.39, 0.29) is 0 Å². The van der Waals surface area contributed by atoms with Crippen molar-refractivity contribution >= 4 is 17.7 Å². The highest BCUT2D eigenvalue weighted by atomic mass is 32.2. The van der Waals surface area contributed by atoms with Crippen LogP contribution in [0.1, 0.15) is 37.7 Å². The number of carbonyl (C=O) groups excluding carboxylic acids is 1. The first-order chi connectivity index (χ1) is 13.7. The van der Waals surface area contributed by atoms with Crippen LogP contribution in [0.5, 0.6) is 0 Å². The number of hydrogen-bond acceptors (Lipinski definition) is 4. The molecular weight excluding hydrogens is 366 g/mol. The molecule has 3 rings (SSSR count). The van der Waals surface area contributed by atoms with E-state index < -0.39 is 0 Å². The van der Waals surface area contributed by atoms with Crippen LogP contribution in [-0.4, -0.2) is 78.4 Å². The summed E-state index contributed by atoms with van der Waals surface area (Å²) in [5, 5.41) is 0. The van der Waals surface area contributed by atoms with Gasteiger partial charge in [0.2, 0.25) is 5.91 Å². The van der Waals surface area contributed by atoms with E-state index in [0.29, 0.717) is 11.8 Å². The standard InChI is InChI=1S/C23H37N3OS/c1-28-18-6-13-24-12-5-9-22(20-24)10-11-23(27)26-16-14-25(15-17-26)19-21-7-3-2-4-8-21/h2-4,7-8,22H,5-6,9-20H2,1H3. The van der Waals surface area contributed by atoms with Crippen LogP contribution < -0.4 is 0 Å². The summed E-state index contributed by atoms with van der Waals surface area (Å²) in [5.74, 6) is 2.35. The van der Waals surface area contributed by atoms with Gasteiger partial charge in [0.05, 0.1) is 0 Å². The Kier molecular flexibility index (Phi) is 9.16. The molecule has 0 saturated carbocycles. The van der Waals surface area contributed by atoms with Crippen molar-refractivity contribution in [3.05, 3.63) is 35.9 Å². The Bertz CT molecular complexity index is 574. The second-order valence-corrected chi connectivity index (χ2v) is 9.32. The lowest BCUT2D eigenvalue weighted by atomic mass is 9.93. The minimum Gasteiger partial charge on any atom is -0.340 e. The Hall–Kier alpha value is -1.04. The Morgan fingerprint density at radius 3 is 2.61 bits per heavy atom. The van der Waals surface area contributed by atoms with Gasteiger partial charge in [0.15, 0.2) is 0 Å². The van der Waals surface area contributed by atoms with Crippen molar-refractivity contribution < 1.29 is 4.79 Å². The van der Waals surface area contributed by atoms with Gasteiger partial charge in [-0.2, -0.15) is 11.8 Å². The summed E-state index contributed by atoms with van der Waals surface area (Å²) in [7, 11) is 0. The summed E-state index contributed by atoms with van der Waals surface area (Å²) in [6.45, 7) is 8.44. The molecule has 0 aliphatic carbocycles. The van der Waals surface area contributed by atoms with Crippen molar-refractivity contribution in [2.75, 3.05) is 57.8 Å². The van der Waals surface area contributed by atoms with Gasteiger partial charge in [-0.25, -0.2) is 0 Å². The molecule has 1 aromatic carbocycles. The summed E-state index contributed by atoms with van der Waals surface area (Å²) in [6.07, 6.45) is 7.89. The smallest absolute Gasteiger partial charge is 0.222 e. The molecule has 5 heteroatoms.